The number of hydrogen-bond acceptors (Lipinski definition) is 4. The second-order valence-corrected chi connectivity index (χ2v) is 2.99. The Bertz CT molecular complexity index is 348. The summed E-state index contributed by atoms with van der Waals surface area (Å²) in [4.78, 5) is 22.5. The summed E-state index contributed by atoms with van der Waals surface area (Å²) in [7, 11) is 0. The fraction of sp³-hybridized carbons (Fsp3) is 0.273. The number of nitrogens with two attached hydrogens (primary N) is 1. The molecule has 0 aliphatic rings. The molecule has 4 heteroatoms. The van der Waals surface area contributed by atoms with Gasteiger partial charge in [-0.25, -0.2) is 0 Å². The van der Waals surface area contributed by atoms with Gasteiger partial charge in [-0.3, -0.25) is 15.3 Å². The number of benzene rings is 1. The first kappa shape index (κ1) is 11.4. The molecule has 0 saturated carbocycles. The van der Waals surface area contributed by atoms with Crippen molar-refractivity contribution in [1.82, 2.24) is 0 Å². The van der Waals surface area contributed by atoms with Crippen LogP contribution >= 0.6 is 0 Å². The van der Waals surface area contributed by atoms with Crippen molar-refractivity contribution in [1.29, 1.82) is 0 Å². The Kier molecular flexibility index (Phi) is 4.00. The Hall–Kier alpha value is -1.68. The van der Waals surface area contributed by atoms with Gasteiger partial charge < -0.3 is 4.74 Å². The number of ketones is 1. The van der Waals surface area contributed by atoms with E-state index >= 15 is 0 Å². The highest BCUT2D eigenvalue weighted by Crippen LogP contribution is 2.03. The van der Waals surface area contributed by atoms with Gasteiger partial charge in [0, 0.05) is 12.0 Å². The summed E-state index contributed by atoms with van der Waals surface area (Å²) in [6.07, 6.45) is -1.00. The normalized spacial score (nSPS) is 11.9. The number of esters is 1. The number of ether oxygens (including phenoxy) is 1. The molecule has 0 radical (unpaired) electrons. The van der Waals surface area contributed by atoms with Gasteiger partial charge in [-0.05, 0) is 0 Å². The lowest BCUT2D eigenvalue weighted by Crippen LogP contribution is -2.35. The van der Waals surface area contributed by atoms with Gasteiger partial charge in [0.2, 0.25) is 12.0 Å². The first-order valence-electron chi connectivity index (χ1n) is 4.69. The van der Waals surface area contributed by atoms with Crippen molar-refractivity contribution in [3.63, 3.8) is 0 Å². The minimum Gasteiger partial charge on any atom is -0.439 e. The van der Waals surface area contributed by atoms with Crippen LogP contribution in [0.5, 0.6) is 0 Å². The lowest BCUT2D eigenvalue weighted by Gasteiger charge is -2.10. The molecule has 2 N–H and O–H groups in total. The molecule has 80 valence electrons. The van der Waals surface area contributed by atoms with Crippen molar-refractivity contribution in [2.75, 3.05) is 0 Å². The van der Waals surface area contributed by atoms with Crippen molar-refractivity contribution in [3.8, 4) is 0 Å². The molecule has 0 fully saturated rings. The molecule has 0 heterocycles. The smallest absolute Gasteiger partial charge is 0.307 e. The minimum atomic E-state index is -1.21. The van der Waals surface area contributed by atoms with Crippen LogP contribution in [-0.4, -0.2) is 18.0 Å². The predicted molar refractivity (Wildman–Crippen MR) is 55.1 cm³/mol. The van der Waals surface area contributed by atoms with Crippen molar-refractivity contribution in [3.05, 3.63) is 35.9 Å². The Morgan fingerprint density at radius 3 is 2.47 bits per heavy atom. The van der Waals surface area contributed by atoms with Gasteiger partial charge >= 0.3 is 5.97 Å². The number of carbonyl (C=O) groups excluding carboxylic acids is 2. The van der Waals surface area contributed by atoms with E-state index in [0.717, 1.165) is 0 Å². The molecule has 1 rings (SSSR count). The van der Waals surface area contributed by atoms with Crippen LogP contribution in [0.4, 0.5) is 0 Å². The number of Topliss-reactive ketones (excluding diaryl/α,β-unsaturated/α-hetero) is 1. The van der Waals surface area contributed by atoms with E-state index < -0.39 is 18.0 Å². The highest BCUT2D eigenvalue weighted by Gasteiger charge is 2.18. The van der Waals surface area contributed by atoms with Gasteiger partial charge in [-0.15, -0.1) is 0 Å². The zero-order valence-electron chi connectivity index (χ0n) is 8.47. The van der Waals surface area contributed by atoms with Crippen LogP contribution < -0.4 is 5.73 Å². The predicted octanol–water partition coefficient (Wildman–Crippen LogP) is 1.11. The molecule has 4 nitrogen and oxygen atoms in total. The molecular formula is C11H13NO3. The van der Waals surface area contributed by atoms with Crippen LogP contribution in [0.3, 0.4) is 0 Å². The van der Waals surface area contributed by atoms with E-state index in [4.69, 9.17) is 10.5 Å². The van der Waals surface area contributed by atoms with Crippen molar-refractivity contribution < 1.29 is 14.3 Å². The molecule has 15 heavy (non-hydrogen) atoms. The summed E-state index contributed by atoms with van der Waals surface area (Å²) >= 11 is 0. The molecule has 1 aromatic carbocycles. The first-order valence-corrected chi connectivity index (χ1v) is 4.69. The summed E-state index contributed by atoms with van der Waals surface area (Å²) in [5, 5.41) is 0. The standard InChI is InChI=1S/C11H13NO3/c1-2-9(13)15-11(12)10(14)8-6-4-3-5-7-8/h3-7,11H,2,12H2,1H3. The summed E-state index contributed by atoms with van der Waals surface area (Å²) in [6.45, 7) is 1.64. The molecule has 0 aliphatic heterocycles. The van der Waals surface area contributed by atoms with E-state index in [0.29, 0.717) is 5.56 Å². The quantitative estimate of drug-likeness (QED) is 0.456. The highest BCUT2D eigenvalue weighted by molar-refractivity contribution is 5.99. The average Bonchev–Trinajstić information content (AvgIpc) is 2.29. The van der Waals surface area contributed by atoms with E-state index in [1.165, 1.54) is 0 Å². The molecule has 0 bridgehead atoms. The Morgan fingerprint density at radius 1 is 1.33 bits per heavy atom. The van der Waals surface area contributed by atoms with Crippen LogP contribution in [0, 0.1) is 0 Å². The summed E-state index contributed by atoms with van der Waals surface area (Å²) < 4.78 is 4.71. The van der Waals surface area contributed by atoms with E-state index in [-0.39, 0.29) is 6.42 Å². The second-order valence-electron chi connectivity index (χ2n) is 2.99. The maximum Gasteiger partial charge on any atom is 0.307 e. The molecule has 1 atom stereocenters. The minimum absolute atomic E-state index is 0.204. The zero-order chi connectivity index (χ0) is 11.3. The molecule has 0 amide bonds. The molecule has 0 aromatic heterocycles. The molecule has 0 spiro atoms. The largest absolute Gasteiger partial charge is 0.439 e. The fourth-order valence-electron chi connectivity index (χ4n) is 1.05. The van der Waals surface area contributed by atoms with Crippen LogP contribution in [0.1, 0.15) is 23.7 Å². The molecule has 0 saturated heterocycles. The van der Waals surface area contributed by atoms with Crippen LogP contribution in [-0.2, 0) is 9.53 Å². The van der Waals surface area contributed by atoms with Crippen LogP contribution in [0.2, 0.25) is 0 Å². The Morgan fingerprint density at radius 2 is 1.93 bits per heavy atom. The van der Waals surface area contributed by atoms with Gasteiger partial charge in [-0.1, -0.05) is 37.3 Å². The van der Waals surface area contributed by atoms with Crippen molar-refractivity contribution in [2.24, 2.45) is 5.73 Å². The number of rotatable bonds is 4. The zero-order valence-corrected chi connectivity index (χ0v) is 8.47. The molecule has 1 aromatic rings. The van der Waals surface area contributed by atoms with Gasteiger partial charge in [0.25, 0.3) is 0 Å². The van der Waals surface area contributed by atoms with Gasteiger partial charge in [0.15, 0.2) is 0 Å². The monoisotopic (exact) mass is 207 g/mol. The first-order chi connectivity index (χ1) is 7.15. The van der Waals surface area contributed by atoms with Crippen molar-refractivity contribution in [2.45, 2.75) is 19.6 Å². The summed E-state index contributed by atoms with van der Waals surface area (Å²) in [5.74, 6) is -0.871. The van der Waals surface area contributed by atoms with Crippen molar-refractivity contribution >= 4 is 11.8 Å². The third kappa shape index (κ3) is 3.18. The lowest BCUT2D eigenvalue weighted by atomic mass is 10.1. The molecular weight excluding hydrogens is 194 g/mol. The maximum atomic E-state index is 11.6. The SMILES string of the molecule is CCC(=O)OC(N)C(=O)c1ccccc1. The number of hydrogen-bond donors (Lipinski definition) is 1. The van der Waals surface area contributed by atoms with Gasteiger partial charge in [-0.2, -0.15) is 0 Å². The average molecular weight is 207 g/mol. The molecule has 0 aliphatic carbocycles. The Balaban J connectivity index is 2.65. The van der Waals surface area contributed by atoms with Gasteiger partial charge in [0.05, 0.1) is 0 Å². The van der Waals surface area contributed by atoms with Gasteiger partial charge in [0.1, 0.15) is 0 Å². The Labute approximate surface area is 88.0 Å². The fourth-order valence-corrected chi connectivity index (χ4v) is 1.05. The topological polar surface area (TPSA) is 69.4 Å². The lowest BCUT2D eigenvalue weighted by molar-refractivity contribution is -0.146. The van der Waals surface area contributed by atoms with E-state index in [1.54, 1.807) is 37.3 Å². The van der Waals surface area contributed by atoms with Crippen LogP contribution in [0.25, 0.3) is 0 Å². The maximum absolute atomic E-state index is 11.6. The van der Waals surface area contributed by atoms with E-state index in [9.17, 15) is 9.59 Å². The number of carbonyl (C=O) groups is 2. The summed E-state index contributed by atoms with van der Waals surface area (Å²) in [5.41, 5.74) is 5.87. The summed E-state index contributed by atoms with van der Waals surface area (Å²) in [6, 6.07) is 8.49. The molecule has 1 unspecified atom stereocenters. The van der Waals surface area contributed by atoms with E-state index in [1.807, 2.05) is 0 Å². The third-order valence-corrected chi connectivity index (χ3v) is 1.86. The van der Waals surface area contributed by atoms with E-state index in [2.05, 4.69) is 0 Å². The van der Waals surface area contributed by atoms with Crippen LogP contribution in [0.15, 0.2) is 30.3 Å². The highest BCUT2D eigenvalue weighted by atomic mass is 16.6. The third-order valence-electron chi connectivity index (χ3n) is 1.86. The second kappa shape index (κ2) is 5.26.